The van der Waals surface area contributed by atoms with Crippen LogP contribution in [0.15, 0.2) is 30.5 Å². The topological polar surface area (TPSA) is 96.5 Å². The second-order valence-corrected chi connectivity index (χ2v) is 9.34. The van der Waals surface area contributed by atoms with Crippen LogP contribution in [0.3, 0.4) is 0 Å². The number of aromatic nitrogens is 1. The lowest BCUT2D eigenvalue weighted by molar-refractivity contribution is -0.152. The highest BCUT2D eigenvalue weighted by Crippen LogP contribution is 2.20. The van der Waals surface area contributed by atoms with E-state index in [1.807, 2.05) is 30.5 Å². The van der Waals surface area contributed by atoms with Crippen molar-refractivity contribution < 1.29 is 22.7 Å². The summed E-state index contributed by atoms with van der Waals surface area (Å²) in [7, 11) is -3.07. The third-order valence-electron chi connectivity index (χ3n) is 5.17. The Bertz CT molecular complexity index is 950. The number of para-hydroxylation sites is 1. The Kier molecular flexibility index (Phi) is 6.39. The molecule has 7 nitrogen and oxygen atoms in total. The summed E-state index contributed by atoms with van der Waals surface area (Å²) < 4.78 is 28.4. The monoisotopic (exact) mass is 406 g/mol. The molecule has 1 aromatic heterocycles. The molecule has 1 unspecified atom stereocenters. The number of carbonyl (C=O) groups is 2. The molecule has 1 aliphatic rings. The van der Waals surface area contributed by atoms with Crippen molar-refractivity contribution in [3.05, 3.63) is 36.0 Å². The van der Waals surface area contributed by atoms with Crippen molar-refractivity contribution in [1.29, 1.82) is 0 Å². The maximum absolute atomic E-state index is 12.3. The number of ether oxygens (including phenoxy) is 1. The van der Waals surface area contributed by atoms with Crippen molar-refractivity contribution in [3.8, 4) is 0 Å². The zero-order valence-corrected chi connectivity index (χ0v) is 16.8. The summed E-state index contributed by atoms with van der Waals surface area (Å²) in [5.41, 5.74) is 2.22. The molecule has 8 heteroatoms. The molecule has 0 saturated carbocycles. The number of hydrogen-bond acceptors (Lipinski definition) is 5. The first-order chi connectivity index (χ1) is 13.4. The number of H-pyrrole nitrogens is 1. The van der Waals surface area contributed by atoms with Gasteiger partial charge in [0.25, 0.3) is 5.91 Å². The average molecular weight is 407 g/mol. The van der Waals surface area contributed by atoms with Gasteiger partial charge in [-0.1, -0.05) is 18.2 Å². The van der Waals surface area contributed by atoms with E-state index in [2.05, 4.69) is 4.98 Å². The number of rotatable bonds is 8. The molecule has 28 heavy (non-hydrogen) atoms. The van der Waals surface area contributed by atoms with Crippen LogP contribution in [-0.4, -0.2) is 60.9 Å². The van der Waals surface area contributed by atoms with E-state index >= 15 is 0 Å². The minimum atomic E-state index is -3.07. The largest absolute Gasteiger partial charge is 0.456 e. The van der Waals surface area contributed by atoms with Gasteiger partial charge in [0.05, 0.1) is 11.5 Å². The van der Waals surface area contributed by atoms with E-state index in [1.165, 1.54) is 4.90 Å². The predicted molar refractivity (Wildman–Crippen MR) is 107 cm³/mol. The lowest BCUT2D eigenvalue weighted by Gasteiger charge is -2.26. The lowest BCUT2D eigenvalue weighted by atomic mass is 10.1. The fraction of sp³-hybridized carbons (Fsp3) is 0.500. The van der Waals surface area contributed by atoms with Gasteiger partial charge in [0, 0.05) is 36.1 Å². The van der Waals surface area contributed by atoms with Crippen LogP contribution in [0.25, 0.3) is 10.9 Å². The van der Waals surface area contributed by atoms with Gasteiger partial charge in [0.1, 0.15) is 0 Å². The molecule has 0 bridgehead atoms. The molecule has 3 rings (SSSR count). The second-order valence-electron chi connectivity index (χ2n) is 7.11. The number of fused-ring (bicyclic) bond motifs is 1. The summed E-state index contributed by atoms with van der Waals surface area (Å²) >= 11 is 0. The fourth-order valence-corrected chi connectivity index (χ4v) is 5.45. The average Bonchev–Trinajstić information content (AvgIpc) is 3.24. The maximum atomic E-state index is 12.3. The molecule has 2 heterocycles. The fourth-order valence-electron chi connectivity index (χ4n) is 3.72. The highest BCUT2D eigenvalue weighted by Gasteiger charge is 2.34. The number of carbonyl (C=O) groups excluding carboxylic acids is 2. The number of nitrogens with one attached hydrogen (secondary N) is 1. The number of aryl methyl sites for hydroxylation is 1. The van der Waals surface area contributed by atoms with E-state index in [-0.39, 0.29) is 36.5 Å². The number of esters is 1. The molecule has 1 fully saturated rings. The summed E-state index contributed by atoms with van der Waals surface area (Å²) in [5.74, 6) is -0.655. The van der Waals surface area contributed by atoms with Crippen molar-refractivity contribution in [2.24, 2.45) is 0 Å². The van der Waals surface area contributed by atoms with Crippen LogP contribution in [0.1, 0.15) is 31.7 Å². The molecular formula is C20H26N2O5S. The van der Waals surface area contributed by atoms with Crippen LogP contribution in [0.2, 0.25) is 0 Å². The van der Waals surface area contributed by atoms with Crippen LogP contribution in [0, 0.1) is 0 Å². The molecule has 1 aliphatic heterocycles. The van der Waals surface area contributed by atoms with Crippen LogP contribution < -0.4 is 0 Å². The van der Waals surface area contributed by atoms with E-state index < -0.39 is 15.8 Å². The Hall–Kier alpha value is -2.35. The lowest BCUT2D eigenvalue weighted by Crippen LogP contribution is -2.43. The Balaban J connectivity index is 1.43. The van der Waals surface area contributed by atoms with Crippen molar-refractivity contribution in [2.45, 2.75) is 38.6 Å². The van der Waals surface area contributed by atoms with Crippen molar-refractivity contribution >= 4 is 32.6 Å². The first-order valence-corrected chi connectivity index (χ1v) is 11.4. The number of benzene rings is 1. The molecule has 0 spiro atoms. The van der Waals surface area contributed by atoms with Gasteiger partial charge in [-0.05, 0) is 37.8 Å². The smallest absolute Gasteiger partial charge is 0.306 e. The van der Waals surface area contributed by atoms with Crippen molar-refractivity contribution in [3.63, 3.8) is 0 Å². The number of hydrogen-bond donors (Lipinski definition) is 1. The third-order valence-corrected chi connectivity index (χ3v) is 6.92. The van der Waals surface area contributed by atoms with Crippen LogP contribution >= 0.6 is 0 Å². The molecule has 1 atom stereocenters. The minimum Gasteiger partial charge on any atom is -0.456 e. The highest BCUT2D eigenvalue weighted by molar-refractivity contribution is 7.91. The van der Waals surface area contributed by atoms with Gasteiger partial charge in [-0.15, -0.1) is 0 Å². The van der Waals surface area contributed by atoms with Gasteiger partial charge in [0.2, 0.25) is 0 Å². The van der Waals surface area contributed by atoms with Crippen LogP contribution in [0.4, 0.5) is 0 Å². The molecule has 1 aromatic carbocycles. The van der Waals surface area contributed by atoms with Gasteiger partial charge in [0.15, 0.2) is 16.4 Å². The SMILES string of the molecule is CCN(C(=O)COC(=O)CCCc1c[nH]c2ccccc12)C1CCS(=O)(=O)C1. The summed E-state index contributed by atoms with van der Waals surface area (Å²) in [6, 6.07) is 7.68. The first-order valence-electron chi connectivity index (χ1n) is 9.60. The Morgan fingerprint density at radius 2 is 2.07 bits per heavy atom. The Labute approximate surface area is 165 Å². The molecule has 1 N–H and O–H groups in total. The molecule has 0 aliphatic carbocycles. The normalized spacial score (nSPS) is 18.2. The highest BCUT2D eigenvalue weighted by atomic mass is 32.2. The van der Waals surface area contributed by atoms with E-state index in [9.17, 15) is 18.0 Å². The maximum Gasteiger partial charge on any atom is 0.306 e. The number of sulfone groups is 1. The first kappa shape index (κ1) is 20.4. The van der Waals surface area contributed by atoms with E-state index in [4.69, 9.17) is 4.74 Å². The Morgan fingerprint density at radius 1 is 1.29 bits per heavy atom. The molecule has 2 aromatic rings. The van der Waals surface area contributed by atoms with Gasteiger partial charge in [-0.25, -0.2) is 8.42 Å². The van der Waals surface area contributed by atoms with E-state index in [1.54, 1.807) is 6.92 Å². The van der Waals surface area contributed by atoms with Crippen molar-refractivity contribution in [1.82, 2.24) is 9.88 Å². The van der Waals surface area contributed by atoms with E-state index in [0.29, 0.717) is 19.4 Å². The summed E-state index contributed by atoms with van der Waals surface area (Å²) in [5, 5.41) is 1.15. The summed E-state index contributed by atoms with van der Waals surface area (Å²) in [6.07, 6.45) is 4.01. The number of likely N-dealkylation sites (N-methyl/N-ethyl adjacent to an activating group) is 1. The Morgan fingerprint density at radius 3 is 2.79 bits per heavy atom. The molecule has 1 saturated heterocycles. The number of amides is 1. The molecule has 152 valence electrons. The molecular weight excluding hydrogens is 380 g/mol. The zero-order valence-electron chi connectivity index (χ0n) is 16.0. The van der Waals surface area contributed by atoms with Gasteiger partial charge in [-0.2, -0.15) is 0 Å². The van der Waals surface area contributed by atoms with Gasteiger partial charge >= 0.3 is 5.97 Å². The number of aromatic amines is 1. The third kappa shape index (κ3) is 4.92. The van der Waals surface area contributed by atoms with Crippen molar-refractivity contribution in [2.75, 3.05) is 24.7 Å². The summed E-state index contributed by atoms with van der Waals surface area (Å²) in [4.78, 5) is 29.0. The minimum absolute atomic E-state index is 0.00878. The van der Waals surface area contributed by atoms with Crippen LogP contribution in [-0.2, 0) is 30.6 Å². The van der Waals surface area contributed by atoms with Gasteiger partial charge < -0.3 is 14.6 Å². The zero-order chi connectivity index (χ0) is 20.1. The van der Waals surface area contributed by atoms with E-state index in [0.717, 1.165) is 22.9 Å². The van der Waals surface area contributed by atoms with Crippen LogP contribution in [0.5, 0.6) is 0 Å². The van der Waals surface area contributed by atoms with Gasteiger partial charge in [-0.3, -0.25) is 9.59 Å². The summed E-state index contributed by atoms with van der Waals surface area (Å²) in [6.45, 7) is 1.86. The predicted octanol–water partition coefficient (Wildman–Crippen LogP) is 2.07. The number of nitrogens with zero attached hydrogens (tertiary/aromatic N) is 1. The standard InChI is InChI=1S/C20H26N2O5S/c1-2-22(16-10-11-28(25,26)14-16)19(23)13-27-20(24)9-5-6-15-12-21-18-8-4-3-7-17(15)18/h3-4,7-8,12,16,21H,2,5-6,9-11,13-14H2,1H3. The second kappa shape index (κ2) is 8.77. The quantitative estimate of drug-likeness (QED) is 0.677. The molecule has 0 radical (unpaired) electrons. The molecule has 1 amide bonds.